The summed E-state index contributed by atoms with van der Waals surface area (Å²) in [4.78, 5) is 0. The van der Waals surface area contributed by atoms with Gasteiger partial charge in [0.15, 0.2) is 0 Å². The van der Waals surface area contributed by atoms with Crippen molar-refractivity contribution in [2.24, 2.45) is 0 Å². The third-order valence-electron chi connectivity index (χ3n) is 1.74. The van der Waals surface area contributed by atoms with Crippen molar-refractivity contribution in [3.63, 3.8) is 0 Å². The highest BCUT2D eigenvalue weighted by Crippen LogP contribution is 2.08. The summed E-state index contributed by atoms with van der Waals surface area (Å²) in [6, 6.07) is 9.58. The Balaban J connectivity index is 2.34. The quantitative estimate of drug-likeness (QED) is 0.599. The van der Waals surface area contributed by atoms with Crippen LogP contribution in [0.15, 0.2) is 24.3 Å². The predicted octanol–water partition coefficient (Wildman–Crippen LogP) is -0.420. The number of benzene rings is 1. The van der Waals surface area contributed by atoms with E-state index in [0.29, 0.717) is 5.75 Å². The third-order valence-corrected chi connectivity index (χ3v) is 1.74. The molecule has 4 nitrogen and oxygen atoms in total. The average Bonchev–Trinajstić information content (AvgIpc) is 2.26. The lowest BCUT2D eigenvalue weighted by Gasteiger charge is -2.15. The molecule has 14 heavy (non-hydrogen) atoms. The van der Waals surface area contributed by atoms with Gasteiger partial charge in [-0.25, -0.2) is 0 Å². The largest absolute Gasteiger partial charge is 0.491 e. The Kier molecular flexibility index (Phi) is 4.39. The molecule has 1 rings (SSSR count). The molecule has 0 aliphatic carbocycles. The van der Waals surface area contributed by atoms with Crippen molar-refractivity contribution >= 4 is 0 Å². The molecule has 4 heteroatoms. The Labute approximate surface area is 82.4 Å². The minimum atomic E-state index is -1.16. The van der Waals surface area contributed by atoms with Crippen molar-refractivity contribution < 1.29 is 20.1 Å². The fraction of sp³-hybridized carbons (Fsp3) is 0.400. The van der Waals surface area contributed by atoms with Gasteiger partial charge in [-0.1, -0.05) is 12.1 Å². The molecule has 0 aromatic heterocycles. The Hall–Kier alpha value is -1.10. The Morgan fingerprint density at radius 2 is 1.86 bits per heavy atom. The lowest BCUT2D eigenvalue weighted by Crippen LogP contribution is -2.34. The smallest absolute Gasteiger partial charge is 0.119 e. The predicted molar refractivity (Wildman–Crippen MR) is 49.9 cm³/mol. The van der Waals surface area contributed by atoms with Crippen LogP contribution >= 0.6 is 0 Å². The van der Waals surface area contributed by atoms with Gasteiger partial charge in [0.1, 0.15) is 24.6 Å². The first-order valence-electron chi connectivity index (χ1n) is 4.30. The van der Waals surface area contributed by atoms with Crippen LogP contribution in [0, 0.1) is 6.07 Å². The first-order chi connectivity index (χ1) is 6.74. The van der Waals surface area contributed by atoms with Gasteiger partial charge in [0.05, 0.1) is 6.61 Å². The summed E-state index contributed by atoms with van der Waals surface area (Å²) < 4.78 is 5.15. The molecule has 0 amide bonds. The summed E-state index contributed by atoms with van der Waals surface area (Å²) in [7, 11) is 0. The van der Waals surface area contributed by atoms with Crippen molar-refractivity contribution in [1.29, 1.82) is 0 Å². The van der Waals surface area contributed by atoms with Gasteiger partial charge >= 0.3 is 0 Å². The lowest BCUT2D eigenvalue weighted by atomic mass is 10.2. The van der Waals surface area contributed by atoms with Gasteiger partial charge in [-0.3, -0.25) is 0 Å². The summed E-state index contributed by atoms with van der Waals surface area (Å²) in [5.74, 6) is 0.591. The maximum atomic E-state index is 9.24. The molecule has 0 fully saturated rings. The van der Waals surface area contributed by atoms with E-state index in [9.17, 15) is 5.11 Å². The number of hydrogen-bond donors (Lipinski definition) is 3. The molecule has 0 bridgehead atoms. The summed E-state index contributed by atoms with van der Waals surface area (Å²) in [6.45, 7) is -0.529. The van der Waals surface area contributed by atoms with Gasteiger partial charge in [0.2, 0.25) is 0 Å². The number of rotatable bonds is 5. The third kappa shape index (κ3) is 3.33. The zero-order valence-corrected chi connectivity index (χ0v) is 7.63. The fourth-order valence-corrected chi connectivity index (χ4v) is 0.882. The van der Waals surface area contributed by atoms with E-state index in [4.69, 9.17) is 14.9 Å². The molecule has 1 radical (unpaired) electrons. The van der Waals surface area contributed by atoms with E-state index < -0.39 is 18.8 Å². The Morgan fingerprint density at radius 3 is 2.43 bits per heavy atom. The molecule has 1 aromatic carbocycles. The van der Waals surface area contributed by atoms with E-state index in [0.717, 1.165) is 0 Å². The van der Waals surface area contributed by atoms with Crippen LogP contribution in [0.5, 0.6) is 5.75 Å². The van der Waals surface area contributed by atoms with E-state index in [1.54, 1.807) is 24.3 Å². The van der Waals surface area contributed by atoms with Crippen molar-refractivity contribution in [1.82, 2.24) is 0 Å². The lowest BCUT2D eigenvalue weighted by molar-refractivity contribution is -0.0339. The normalized spacial score (nSPS) is 14.8. The van der Waals surface area contributed by atoms with Crippen LogP contribution in [0.2, 0.25) is 0 Å². The molecule has 0 aliphatic heterocycles. The molecular formula is C10H13O4. The maximum absolute atomic E-state index is 9.24. The van der Waals surface area contributed by atoms with E-state index in [-0.39, 0.29) is 6.61 Å². The monoisotopic (exact) mass is 197 g/mol. The minimum Gasteiger partial charge on any atom is -0.491 e. The number of hydrogen-bond acceptors (Lipinski definition) is 4. The van der Waals surface area contributed by atoms with Crippen LogP contribution in [-0.2, 0) is 0 Å². The van der Waals surface area contributed by atoms with Gasteiger partial charge in [0.25, 0.3) is 0 Å². The van der Waals surface area contributed by atoms with Gasteiger partial charge in [-0.05, 0) is 18.2 Å². The molecular weight excluding hydrogens is 184 g/mol. The Morgan fingerprint density at radius 1 is 1.21 bits per heavy atom. The van der Waals surface area contributed by atoms with Crippen LogP contribution in [-0.4, -0.2) is 40.7 Å². The molecule has 1 aromatic rings. The molecule has 3 N–H and O–H groups in total. The first-order valence-corrected chi connectivity index (χ1v) is 4.30. The molecule has 0 spiro atoms. The van der Waals surface area contributed by atoms with E-state index >= 15 is 0 Å². The summed E-state index contributed by atoms with van der Waals surface area (Å²) in [5, 5.41) is 26.8. The molecule has 0 aliphatic rings. The topological polar surface area (TPSA) is 69.9 Å². The SMILES string of the molecule is OCC(O)C(O)COc1cc[c]cc1. The highest BCUT2D eigenvalue weighted by Gasteiger charge is 2.15. The standard InChI is InChI=1S/C10H13O4/c11-6-9(12)10(13)7-14-8-4-2-1-3-5-8/h2-5,9-13H,6-7H2. The van der Waals surface area contributed by atoms with Crippen LogP contribution in [0.25, 0.3) is 0 Å². The summed E-state index contributed by atoms with van der Waals surface area (Å²) >= 11 is 0. The number of ether oxygens (including phenoxy) is 1. The number of aliphatic hydroxyl groups is 3. The van der Waals surface area contributed by atoms with Crippen molar-refractivity contribution in [2.75, 3.05) is 13.2 Å². The second-order valence-corrected chi connectivity index (χ2v) is 2.86. The highest BCUT2D eigenvalue weighted by molar-refractivity contribution is 5.20. The zero-order valence-electron chi connectivity index (χ0n) is 7.63. The summed E-state index contributed by atoms with van der Waals surface area (Å²) in [6.07, 6.45) is -2.24. The first kappa shape index (κ1) is 11.0. The van der Waals surface area contributed by atoms with Crippen molar-refractivity contribution in [3.05, 3.63) is 30.3 Å². The van der Waals surface area contributed by atoms with Crippen molar-refractivity contribution in [3.8, 4) is 5.75 Å². The number of aliphatic hydroxyl groups excluding tert-OH is 3. The minimum absolute atomic E-state index is 0.0499. The van der Waals surface area contributed by atoms with Crippen LogP contribution in [0.4, 0.5) is 0 Å². The Bertz CT molecular complexity index is 250. The van der Waals surface area contributed by atoms with Crippen molar-refractivity contribution in [2.45, 2.75) is 12.2 Å². The van der Waals surface area contributed by atoms with Gasteiger partial charge in [-0.15, -0.1) is 0 Å². The van der Waals surface area contributed by atoms with Gasteiger partial charge in [-0.2, -0.15) is 0 Å². The molecule has 0 saturated heterocycles. The zero-order chi connectivity index (χ0) is 10.4. The molecule has 2 unspecified atom stereocenters. The second kappa shape index (κ2) is 5.59. The molecule has 2 atom stereocenters. The maximum Gasteiger partial charge on any atom is 0.119 e. The van der Waals surface area contributed by atoms with Gasteiger partial charge in [0, 0.05) is 0 Å². The van der Waals surface area contributed by atoms with Crippen LogP contribution in [0.1, 0.15) is 0 Å². The average molecular weight is 197 g/mol. The second-order valence-electron chi connectivity index (χ2n) is 2.86. The molecule has 77 valence electrons. The van der Waals surface area contributed by atoms with E-state index in [1.807, 2.05) is 0 Å². The fourth-order valence-electron chi connectivity index (χ4n) is 0.882. The molecule has 0 saturated carbocycles. The van der Waals surface area contributed by atoms with Crippen LogP contribution in [0.3, 0.4) is 0 Å². The summed E-state index contributed by atoms with van der Waals surface area (Å²) in [5.41, 5.74) is 0. The molecule has 0 heterocycles. The van der Waals surface area contributed by atoms with E-state index in [1.165, 1.54) is 0 Å². The van der Waals surface area contributed by atoms with Crippen LogP contribution < -0.4 is 4.74 Å². The highest BCUT2D eigenvalue weighted by atomic mass is 16.5. The van der Waals surface area contributed by atoms with E-state index in [2.05, 4.69) is 6.07 Å². The van der Waals surface area contributed by atoms with Gasteiger partial charge < -0.3 is 20.1 Å².